The summed E-state index contributed by atoms with van der Waals surface area (Å²) < 4.78 is 18.2. The van der Waals surface area contributed by atoms with Crippen molar-refractivity contribution in [3.8, 4) is 28.5 Å². The van der Waals surface area contributed by atoms with Gasteiger partial charge in [0.15, 0.2) is 0 Å². The SMILES string of the molecule is COc1ccc(-c2cc3c(=O)n(CC(=O)Nc4cc(OC)cc(OC)c4)nc(C)n3n2)cc1. The summed E-state index contributed by atoms with van der Waals surface area (Å²) in [6.07, 6.45) is 0. The zero-order valence-electron chi connectivity index (χ0n) is 18.7. The quantitative estimate of drug-likeness (QED) is 0.462. The second-order valence-corrected chi connectivity index (χ2v) is 7.21. The van der Waals surface area contributed by atoms with Crippen LogP contribution in [0.2, 0.25) is 0 Å². The van der Waals surface area contributed by atoms with Gasteiger partial charge in [0.25, 0.3) is 5.56 Å². The van der Waals surface area contributed by atoms with Crippen LogP contribution >= 0.6 is 0 Å². The zero-order chi connectivity index (χ0) is 23.5. The van der Waals surface area contributed by atoms with Gasteiger partial charge in [0.1, 0.15) is 35.1 Å². The third kappa shape index (κ3) is 4.49. The van der Waals surface area contributed by atoms with Crippen molar-refractivity contribution in [3.05, 3.63) is 64.7 Å². The van der Waals surface area contributed by atoms with Crippen molar-refractivity contribution in [2.24, 2.45) is 0 Å². The average Bonchev–Trinajstić information content (AvgIpc) is 3.28. The minimum absolute atomic E-state index is 0.265. The summed E-state index contributed by atoms with van der Waals surface area (Å²) in [4.78, 5) is 25.7. The van der Waals surface area contributed by atoms with Crippen molar-refractivity contribution in [1.29, 1.82) is 0 Å². The molecule has 0 radical (unpaired) electrons. The van der Waals surface area contributed by atoms with Gasteiger partial charge in [0.05, 0.1) is 27.0 Å². The summed E-state index contributed by atoms with van der Waals surface area (Å²) in [6.45, 7) is 1.46. The number of carbonyl (C=O) groups excluding carboxylic acids is 1. The van der Waals surface area contributed by atoms with Crippen LogP contribution in [0, 0.1) is 6.92 Å². The molecule has 0 atom stereocenters. The lowest BCUT2D eigenvalue weighted by Gasteiger charge is -2.11. The van der Waals surface area contributed by atoms with Crippen molar-refractivity contribution in [1.82, 2.24) is 19.4 Å². The zero-order valence-corrected chi connectivity index (χ0v) is 18.7. The molecule has 0 unspecified atom stereocenters. The third-order valence-electron chi connectivity index (χ3n) is 5.05. The van der Waals surface area contributed by atoms with Crippen LogP contribution in [0.3, 0.4) is 0 Å². The second kappa shape index (κ2) is 9.03. The molecule has 10 heteroatoms. The summed E-state index contributed by atoms with van der Waals surface area (Å²) in [5.41, 5.74) is 1.82. The predicted octanol–water partition coefficient (Wildman–Crippen LogP) is 2.53. The Morgan fingerprint density at radius 2 is 1.55 bits per heavy atom. The Labute approximate surface area is 189 Å². The summed E-state index contributed by atoms with van der Waals surface area (Å²) in [7, 11) is 4.64. The van der Waals surface area contributed by atoms with E-state index in [1.54, 1.807) is 38.3 Å². The summed E-state index contributed by atoms with van der Waals surface area (Å²) in [6, 6.07) is 14.0. The third-order valence-corrected chi connectivity index (χ3v) is 5.05. The standard InChI is InChI=1S/C23H23N5O5/c1-14-25-27(13-22(29)24-16-9-18(32-3)11-19(10-16)33-4)23(30)21-12-20(26-28(14)21)15-5-7-17(31-2)8-6-15/h5-12H,13H2,1-4H3,(H,24,29). The van der Waals surface area contributed by atoms with E-state index in [4.69, 9.17) is 14.2 Å². The number of benzene rings is 2. The topological polar surface area (TPSA) is 109 Å². The van der Waals surface area contributed by atoms with Crippen LogP contribution in [-0.2, 0) is 11.3 Å². The molecule has 33 heavy (non-hydrogen) atoms. The molecule has 2 aromatic carbocycles. The first-order valence-corrected chi connectivity index (χ1v) is 10.1. The maximum Gasteiger partial charge on any atom is 0.293 e. The molecular weight excluding hydrogens is 426 g/mol. The first kappa shape index (κ1) is 21.9. The smallest absolute Gasteiger partial charge is 0.293 e. The van der Waals surface area contributed by atoms with E-state index in [1.165, 1.54) is 18.7 Å². The van der Waals surface area contributed by atoms with Crippen molar-refractivity contribution in [3.63, 3.8) is 0 Å². The molecule has 0 aliphatic heterocycles. The molecule has 4 aromatic rings. The van der Waals surface area contributed by atoms with Crippen LogP contribution in [-0.4, -0.2) is 46.6 Å². The lowest BCUT2D eigenvalue weighted by atomic mass is 10.1. The fourth-order valence-electron chi connectivity index (χ4n) is 3.40. The van der Waals surface area contributed by atoms with E-state index in [9.17, 15) is 9.59 Å². The Morgan fingerprint density at radius 3 is 2.15 bits per heavy atom. The maximum atomic E-state index is 13.0. The molecule has 2 aromatic heterocycles. The molecule has 10 nitrogen and oxygen atoms in total. The predicted molar refractivity (Wildman–Crippen MR) is 122 cm³/mol. The number of ether oxygens (including phenoxy) is 3. The number of carbonyl (C=O) groups is 1. The summed E-state index contributed by atoms with van der Waals surface area (Å²) >= 11 is 0. The van der Waals surface area contributed by atoms with Crippen LogP contribution in [0.4, 0.5) is 5.69 Å². The fourth-order valence-corrected chi connectivity index (χ4v) is 3.40. The van der Waals surface area contributed by atoms with Gasteiger partial charge in [-0.3, -0.25) is 9.59 Å². The number of methoxy groups -OCH3 is 3. The Hall–Kier alpha value is -4.34. The number of amides is 1. The molecule has 0 saturated carbocycles. The number of aryl methyl sites for hydroxylation is 1. The van der Waals surface area contributed by atoms with Gasteiger partial charge >= 0.3 is 0 Å². The highest BCUT2D eigenvalue weighted by molar-refractivity contribution is 5.91. The molecule has 1 N–H and O–H groups in total. The first-order chi connectivity index (χ1) is 15.9. The summed E-state index contributed by atoms with van der Waals surface area (Å²) in [5.74, 6) is 1.84. The molecule has 4 rings (SSSR count). The average molecular weight is 449 g/mol. The van der Waals surface area contributed by atoms with Crippen LogP contribution in [0.5, 0.6) is 17.2 Å². The van der Waals surface area contributed by atoms with Gasteiger partial charge in [0.2, 0.25) is 5.91 Å². The molecule has 0 fully saturated rings. The second-order valence-electron chi connectivity index (χ2n) is 7.21. The highest BCUT2D eigenvalue weighted by Crippen LogP contribution is 2.26. The Morgan fingerprint density at radius 1 is 0.909 bits per heavy atom. The molecule has 2 heterocycles. The van der Waals surface area contributed by atoms with E-state index < -0.39 is 11.5 Å². The van der Waals surface area contributed by atoms with Gasteiger partial charge in [-0.2, -0.15) is 10.2 Å². The molecule has 170 valence electrons. The number of rotatable bonds is 7. The Balaban J connectivity index is 1.61. The molecule has 0 saturated heterocycles. The molecule has 0 spiro atoms. The number of hydrogen-bond acceptors (Lipinski definition) is 7. The maximum absolute atomic E-state index is 13.0. The Kier molecular flexibility index (Phi) is 5.99. The van der Waals surface area contributed by atoms with Gasteiger partial charge in [-0.05, 0) is 37.3 Å². The van der Waals surface area contributed by atoms with Gasteiger partial charge in [-0.15, -0.1) is 0 Å². The van der Waals surface area contributed by atoms with E-state index >= 15 is 0 Å². The molecule has 0 aliphatic rings. The van der Waals surface area contributed by atoms with Gasteiger partial charge < -0.3 is 19.5 Å². The number of nitrogens with one attached hydrogen (secondary N) is 1. The van der Waals surface area contributed by atoms with Gasteiger partial charge in [-0.25, -0.2) is 9.20 Å². The molecule has 0 aliphatic carbocycles. The van der Waals surface area contributed by atoms with E-state index in [1.807, 2.05) is 24.3 Å². The monoisotopic (exact) mass is 449 g/mol. The highest BCUT2D eigenvalue weighted by Gasteiger charge is 2.15. The van der Waals surface area contributed by atoms with E-state index in [2.05, 4.69) is 15.5 Å². The van der Waals surface area contributed by atoms with E-state index in [0.29, 0.717) is 34.2 Å². The number of anilines is 1. The van der Waals surface area contributed by atoms with Crippen molar-refractivity contribution < 1.29 is 19.0 Å². The molecular formula is C23H23N5O5. The number of hydrogen-bond donors (Lipinski definition) is 1. The number of aromatic nitrogens is 4. The van der Waals surface area contributed by atoms with Crippen molar-refractivity contribution >= 4 is 17.1 Å². The highest BCUT2D eigenvalue weighted by atomic mass is 16.5. The van der Waals surface area contributed by atoms with E-state index in [-0.39, 0.29) is 6.54 Å². The first-order valence-electron chi connectivity index (χ1n) is 10.1. The minimum Gasteiger partial charge on any atom is -0.497 e. The van der Waals surface area contributed by atoms with Crippen LogP contribution in [0.15, 0.2) is 53.3 Å². The van der Waals surface area contributed by atoms with Crippen molar-refractivity contribution in [2.75, 3.05) is 26.6 Å². The van der Waals surface area contributed by atoms with Gasteiger partial charge in [0, 0.05) is 29.4 Å². The van der Waals surface area contributed by atoms with Crippen LogP contribution in [0.1, 0.15) is 5.82 Å². The summed E-state index contributed by atoms with van der Waals surface area (Å²) in [5, 5.41) is 11.5. The Bertz CT molecular complexity index is 1350. The largest absolute Gasteiger partial charge is 0.497 e. The van der Waals surface area contributed by atoms with Gasteiger partial charge in [-0.1, -0.05) is 0 Å². The number of fused-ring (bicyclic) bond motifs is 1. The van der Waals surface area contributed by atoms with Crippen molar-refractivity contribution in [2.45, 2.75) is 13.5 Å². The van der Waals surface area contributed by atoms with Crippen LogP contribution in [0.25, 0.3) is 16.8 Å². The normalized spacial score (nSPS) is 10.8. The van der Waals surface area contributed by atoms with E-state index in [0.717, 1.165) is 16.0 Å². The van der Waals surface area contributed by atoms with Crippen LogP contribution < -0.4 is 25.1 Å². The lowest BCUT2D eigenvalue weighted by molar-refractivity contribution is -0.117. The molecule has 0 bridgehead atoms. The number of nitrogens with zero attached hydrogens (tertiary/aromatic N) is 4. The minimum atomic E-state index is -0.425. The fraction of sp³-hybridized carbons (Fsp3) is 0.217. The lowest BCUT2D eigenvalue weighted by Crippen LogP contribution is -2.31. The molecule has 1 amide bonds.